The van der Waals surface area contributed by atoms with Crippen LogP contribution < -0.4 is 5.32 Å². The highest BCUT2D eigenvalue weighted by atomic mass is 16.3. The maximum atomic E-state index is 13.0. The number of aromatic nitrogens is 1. The quantitative estimate of drug-likeness (QED) is 0.527. The summed E-state index contributed by atoms with van der Waals surface area (Å²) in [6, 6.07) is 20.2. The fourth-order valence-corrected chi connectivity index (χ4v) is 3.53. The summed E-state index contributed by atoms with van der Waals surface area (Å²) in [6.45, 7) is 7.24. The van der Waals surface area contributed by atoms with Gasteiger partial charge in [-0.05, 0) is 37.5 Å². The first-order valence-corrected chi connectivity index (χ1v) is 9.49. The first kappa shape index (κ1) is 18.1. The third-order valence-corrected chi connectivity index (χ3v) is 5.07. The summed E-state index contributed by atoms with van der Waals surface area (Å²) in [7, 11) is 0. The standard InChI is InChI=1S/C24H24N2O2/c1-16-9-10-17(2)20(11-16)15-26-21-12-18(3)28-23(21)13-22(26)24(27)25-14-19-7-5-4-6-8-19/h4-13H,14-15H2,1-3H3,(H,25,27). The highest BCUT2D eigenvalue weighted by Crippen LogP contribution is 2.26. The van der Waals surface area contributed by atoms with Crippen molar-refractivity contribution in [2.24, 2.45) is 0 Å². The highest BCUT2D eigenvalue weighted by molar-refractivity contribution is 5.97. The summed E-state index contributed by atoms with van der Waals surface area (Å²) >= 11 is 0. The normalized spacial score (nSPS) is 11.1. The van der Waals surface area contributed by atoms with Crippen LogP contribution in [0.15, 0.2) is 65.1 Å². The van der Waals surface area contributed by atoms with Crippen LogP contribution in [0.2, 0.25) is 0 Å². The van der Waals surface area contributed by atoms with Gasteiger partial charge >= 0.3 is 0 Å². The third-order valence-electron chi connectivity index (χ3n) is 5.07. The van der Waals surface area contributed by atoms with E-state index in [2.05, 4.69) is 37.4 Å². The van der Waals surface area contributed by atoms with Gasteiger partial charge in [-0.3, -0.25) is 4.79 Å². The topological polar surface area (TPSA) is 47.2 Å². The average molecular weight is 372 g/mol. The number of fused-ring (bicyclic) bond motifs is 1. The summed E-state index contributed by atoms with van der Waals surface area (Å²) < 4.78 is 7.84. The molecule has 0 radical (unpaired) electrons. The molecule has 0 aliphatic rings. The van der Waals surface area contributed by atoms with Crippen molar-refractivity contribution < 1.29 is 9.21 Å². The van der Waals surface area contributed by atoms with Crippen LogP contribution in [0, 0.1) is 20.8 Å². The van der Waals surface area contributed by atoms with Gasteiger partial charge in [-0.15, -0.1) is 0 Å². The van der Waals surface area contributed by atoms with Gasteiger partial charge in [0.05, 0.1) is 5.52 Å². The summed E-state index contributed by atoms with van der Waals surface area (Å²) in [5.74, 6) is 0.745. The first-order valence-electron chi connectivity index (χ1n) is 9.49. The maximum Gasteiger partial charge on any atom is 0.268 e. The summed E-state index contributed by atoms with van der Waals surface area (Å²) in [5.41, 5.74) is 7.00. The molecule has 0 saturated heterocycles. The third kappa shape index (κ3) is 3.58. The molecule has 4 nitrogen and oxygen atoms in total. The lowest BCUT2D eigenvalue weighted by Gasteiger charge is -2.13. The lowest BCUT2D eigenvalue weighted by atomic mass is 10.1. The molecular formula is C24H24N2O2. The van der Waals surface area contributed by atoms with Crippen LogP contribution in [0.3, 0.4) is 0 Å². The molecule has 4 heteroatoms. The van der Waals surface area contributed by atoms with Crippen molar-refractivity contribution >= 4 is 17.0 Å². The Balaban J connectivity index is 1.68. The molecular weight excluding hydrogens is 348 g/mol. The lowest BCUT2D eigenvalue weighted by Crippen LogP contribution is -2.25. The molecule has 2 heterocycles. The number of hydrogen-bond donors (Lipinski definition) is 1. The fourth-order valence-electron chi connectivity index (χ4n) is 3.53. The summed E-state index contributed by atoms with van der Waals surface area (Å²) in [4.78, 5) is 13.0. The van der Waals surface area contributed by atoms with E-state index in [4.69, 9.17) is 4.42 Å². The van der Waals surface area contributed by atoms with E-state index in [0.29, 0.717) is 18.8 Å². The molecule has 0 saturated carbocycles. The van der Waals surface area contributed by atoms with E-state index in [1.54, 1.807) is 0 Å². The minimum Gasteiger partial charge on any atom is -0.460 e. The number of carbonyl (C=O) groups is 1. The number of rotatable bonds is 5. The number of carbonyl (C=O) groups excluding carboxylic acids is 1. The SMILES string of the molecule is Cc1ccc(C)c(Cn2c(C(=O)NCc3ccccc3)cc3oc(C)cc32)c1. The maximum absolute atomic E-state index is 13.0. The molecule has 1 amide bonds. The number of nitrogens with zero attached hydrogens (tertiary/aromatic N) is 1. The van der Waals surface area contributed by atoms with E-state index >= 15 is 0 Å². The molecule has 4 rings (SSSR count). The van der Waals surface area contributed by atoms with Crippen LogP contribution in [0.4, 0.5) is 0 Å². The molecule has 1 N–H and O–H groups in total. The van der Waals surface area contributed by atoms with Crippen LogP contribution in [0.5, 0.6) is 0 Å². The number of furan rings is 1. The van der Waals surface area contributed by atoms with Crippen LogP contribution in [0.1, 0.15) is 38.5 Å². The highest BCUT2D eigenvalue weighted by Gasteiger charge is 2.19. The molecule has 2 aromatic carbocycles. The van der Waals surface area contributed by atoms with Crippen LogP contribution in [-0.4, -0.2) is 10.5 Å². The molecule has 28 heavy (non-hydrogen) atoms. The predicted molar refractivity (Wildman–Crippen MR) is 112 cm³/mol. The summed E-state index contributed by atoms with van der Waals surface area (Å²) in [5, 5.41) is 3.03. The van der Waals surface area contributed by atoms with Gasteiger partial charge in [0.25, 0.3) is 5.91 Å². The van der Waals surface area contributed by atoms with Gasteiger partial charge in [-0.25, -0.2) is 0 Å². The molecule has 0 bridgehead atoms. The van der Waals surface area contributed by atoms with Crippen molar-refractivity contribution in [3.05, 3.63) is 94.4 Å². The second kappa shape index (κ2) is 7.39. The van der Waals surface area contributed by atoms with Gasteiger partial charge in [-0.2, -0.15) is 0 Å². The Morgan fingerprint density at radius 3 is 2.57 bits per heavy atom. The van der Waals surface area contributed by atoms with Crippen LogP contribution >= 0.6 is 0 Å². The van der Waals surface area contributed by atoms with E-state index < -0.39 is 0 Å². The number of nitrogens with one attached hydrogen (secondary N) is 1. The molecule has 0 spiro atoms. The number of hydrogen-bond acceptors (Lipinski definition) is 2. The Morgan fingerprint density at radius 1 is 1.00 bits per heavy atom. The van der Waals surface area contributed by atoms with E-state index in [1.807, 2.05) is 54.0 Å². The van der Waals surface area contributed by atoms with Gasteiger partial charge in [0, 0.05) is 25.2 Å². The molecule has 142 valence electrons. The Morgan fingerprint density at radius 2 is 1.79 bits per heavy atom. The van der Waals surface area contributed by atoms with Gasteiger partial charge in [0.2, 0.25) is 0 Å². The number of amides is 1. The van der Waals surface area contributed by atoms with E-state index in [0.717, 1.165) is 22.4 Å². The minimum atomic E-state index is -0.0989. The fraction of sp³-hybridized carbons (Fsp3) is 0.208. The Hall–Kier alpha value is -3.27. The summed E-state index contributed by atoms with van der Waals surface area (Å²) in [6.07, 6.45) is 0. The second-order valence-corrected chi connectivity index (χ2v) is 7.32. The first-order chi connectivity index (χ1) is 13.5. The number of benzene rings is 2. The Bertz CT molecular complexity index is 1140. The van der Waals surface area contributed by atoms with Crippen molar-refractivity contribution in [3.63, 3.8) is 0 Å². The zero-order chi connectivity index (χ0) is 19.7. The molecule has 4 aromatic rings. The number of aryl methyl sites for hydroxylation is 3. The zero-order valence-electron chi connectivity index (χ0n) is 16.5. The average Bonchev–Trinajstić information content (AvgIpc) is 3.20. The minimum absolute atomic E-state index is 0.0989. The molecule has 0 atom stereocenters. The predicted octanol–water partition coefficient (Wildman–Crippen LogP) is 5.14. The van der Waals surface area contributed by atoms with Crippen molar-refractivity contribution in [1.82, 2.24) is 9.88 Å². The van der Waals surface area contributed by atoms with Crippen molar-refractivity contribution in [1.29, 1.82) is 0 Å². The molecule has 0 aliphatic carbocycles. The van der Waals surface area contributed by atoms with Gasteiger partial charge in [0.1, 0.15) is 11.5 Å². The van der Waals surface area contributed by atoms with E-state index in [-0.39, 0.29) is 5.91 Å². The second-order valence-electron chi connectivity index (χ2n) is 7.32. The molecule has 0 aliphatic heterocycles. The molecule has 2 aromatic heterocycles. The lowest BCUT2D eigenvalue weighted by molar-refractivity contribution is 0.0942. The monoisotopic (exact) mass is 372 g/mol. The van der Waals surface area contributed by atoms with Gasteiger partial charge in [0.15, 0.2) is 5.58 Å². The largest absolute Gasteiger partial charge is 0.460 e. The van der Waals surface area contributed by atoms with Crippen LogP contribution in [-0.2, 0) is 13.1 Å². The smallest absolute Gasteiger partial charge is 0.268 e. The van der Waals surface area contributed by atoms with Gasteiger partial charge in [-0.1, -0.05) is 54.1 Å². The van der Waals surface area contributed by atoms with Crippen molar-refractivity contribution in [2.75, 3.05) is 0 Å². The van der Waals surface area contributed by atoms with Crippen LogP contribution in [0.25, 0.3) is 11.1 Å². The molecule has 0 fully saturated rings. The zero-order valence-corrected chi connectivity index (χ0v) is 16.5. The Labute approximate surface area is 164 Å². The van der Waals surface area contributed by atoms with Gasteiger partial charge < -0.3 is 14.3 Å². The molecule has 0 unspecified atom stereocenters. The van der Waals surface area contributed by atoms with Crippen molar-refractivity contribution in [3.8, 4) is 0 Å². The van der Waals surface area contributed by atoms with E-state index in [9.17, 15) is 4.79 Å². The Kier molecular flexibility index (Phi) is 4.78. The van der Waals surface area contributed by atoms with E-state index in [1.165, 1.54) is 16.7 Å². The van der Waals surface area contributed by atoms with Crippen molar-refractivity contribution in [2.45, 2.75) is 33.9 Å².